The molecule has 4 heteroatoms. The molecule has 0 unspecified atom stereocenters. The van der Waals surface area contributed by atoms with E-state index >= 15 is 0 Å². The van der Waals surface area contributed by atoms with Gasteiger partial charge >= 0.3 is 0 Å². The lowest BCUT2D eigenvalue weighted by atomic mass is 10.2. The Morgan fingerprint density at radius 2 is 2.00 bits per heavy atom. The fourth-order valence-electron chi connectivity index (χ4n) is 1.63. The Morgan fingerprint density at radius 1 is 1.35 bits per heavy atom. The van der Waals surface area contributed by atoms with Crippen LogP contribution in [0.25, 0.3) is 0 Å². The first-order valence-electron chi connectivity index (χ1n) is 6.06. The summed E-state index contributed by atoms with van der Waals surface area (Å²) < 4.78 is 5.52. The smallest absolute Gasteiger partial charge is 0.190 e. The predicted octanol–water partition coefficient (Wildman–Crippen LogP) is 1.63. The van der Waals surface area contributed by atoms with E-state index in [0.29, 0.717) is 5.41 Å². The zero-order valence-electron chi connectivity index (χ0n) is 10.8. The van der Waals surface area contributed by atoms with Gasteiger partial charge in [-0.15, -0.1) is 0 Å². The van der Waals surface area contributed by atoms with Crippen molar-refractivity contribution in [3.8, 4) is 5.75 Å². The van der Waals surface area contributed by atoms with Gasteiger partial charge in [0.25, 0.3) is 0 Å². The monoisotopic (exact) mass is 251 g/mol. The van der Waals surface area contributed by atoms with E-state index in [1.807, 2.05) is 31.3 Å². The van der Waals surface area contributed by atoms with Crippen LogP contribution in [0, 0.1) is 0 Å². The normalized spacial score (nSPS) is 12.2. The maximum Gasteiger partial charge on any atom is 0.190 e. The van der Waals surface area contributed by atoms with Crippen molar-refractivity contribution in [2.45, 2.75) is 26.3 Å². The minimum atomic E-state index is -1.48. The maximum atomic E-state index is 11.4. The van der Waals surface area contributed by atoms with E-state index in [1.165, 1.54) is 5.56 Å². The largest absolute Gasteiger partial charge is 0.494 e. The number of hydrogen-bond acceptors (Lipinski definition) is 3. The summed E-state index contributed by atoms with van der Waals surface area (Å²) in [6, 6.07) is 8.91. The van der Waals surface area contributed by atoms with E-state index in [2.05, 4.69) is 11.9 Å². The van der Waals surface area contributed by atoms with Gasteiger partial charge in [-0.05, 0) is 44.1 Å². The Kier molecular flexibility index (Phi) is 5.93. The van der Waals surface area contributed by atoms with Crippen LogP contribution in [0.2, 0.25) is 0 Å². The van der Waals surface area contributed by atoms with Crippen molar-refractivity contribution < 1.29 is 9.53 Å². The van der Waals surface area contributed by atoms with Crippen LogP contribution in [0.15, 0.2) is 24.3 Å². The van der Waals surface area contributed by atoms with E-state index in [4.69, 9.17) is 4.74 Å². The zero-order chi connectivity index (χ0) is 12.7. The number of hydrogen-bond donors (Lipinski definition) is 1. The lowest BCUT2D eigenvalue weighted by Crippen LogP contribution is -2.40. The van der Waals surface area contributed by atoms with Crippen LogP contribution in [-0.4, -0.2) is 28.0 Å². The van der Waals surface area contributed by atoms with E-state index in [1.54, 1.807) is 6.92 Å². The minimum absolute atomic E-state index is 0.304. The summed E-state index contributed by atoms with van der Waals surface area (Å²) in [4.78, 5) is 14.5. The number of carbonyl (C=O) groups is 1. The third-order valence-electron chi connectivity index (χ3n) is 2.68. The number of ether oxygens (including phenoxy) is 1. The van der Waals surface area contributed by atoms with E-state index in [0.717, 1.165) is 24.8 Å². The highest BCUT2D eigenvalue weighted by molar-refractivity contribution is 6.87. The van der Waals surface area contributed by atoms with Gasteiger partial charge in [0, 0.05) is 0 Å². The molecule has 0 fully saturated rings. The molecule has 3 nitrogen and oxygen atoms in total. The lowest BCUT2D eigenvalue weighted by Gasteiger charge is -2.11. The molecule has 1 rings (SSSR count). The molecule has 0 aliphatic heterocycles. The molecule has 94 valence electrons. The summed E-state index contributed by atoms with van der Waals surface area (Å²) in [7, 11) is 0.392. The highest BCUT2D eigenvalue weighted by Gasteiger charge is 2.14. The summed E-state index contributed by atoms with van der Waals surface area (Å²) in [5, 5.41) is 0.304. The molecular formula is C13H21NO2Si. The Bertz CT molecular complexity index is 351. The van der Waals surface area contributed by atoms with Crippen LogP contribution < -0.4 is 9.72 Å². The predicted molar refractivity (Wildman–Crippen MR) is 72.8 cm³/mol. The van der Waals surface area contributed by atoms with Gasteiger partial charge in [-0.25, -0.2) is 0 Å². The molecule has 1 aromatic rings. The van der Waals surface area contributed by atoms with Gasteiger partial charge in [-0.3, -0.25) is 0 Å². The number of rotatable bonds is 7. The Balaban J connectivity index is 2.58. The quantitative estimate of drug-likeness (QED) is 0.749. The third-order valence-corrected chi connectivity index (χ3v) is 5.23. The molecule has 0 radical (unpaired) electrons. The van der Waals surface area contributed by atoms with Crippen LogP contribution in [0.4, 0.5) is 0 Å². The summed E-state index contributed by atoms with van der Waals surface area (Å²) in [6.45, 7) is 4.51. The van der Waals surface area contributed by atoms with Crippen LogP contribution >= 0.6 is 0 Å². The van der Waals surface area contributed by atoms with Crippen LogP contribution in [-0.2, 0) is 10.8 Å². The molecule has 0 aliphatic carbocycles. The summed E-state index contributed by atoms with van der Waals surface area (Å²) >= 11 is 0. The molecular weight excluding hydrogens is 230 g/mol. The highest BCUT2D eigenvalue weighted by atomic mass is 28.3. The molecule has 17 heavy (non-hydrogen) atoms. The summed E-state index contributed by atoms with van der Waals surface area (Å²) in [5.41, 5.74) is 1.20. The molecule has 0 saturated heterocycles. The Morgan fingerprint density at radius 3 is 2.47 bits per heavy atom. The van der Waals surface area contributed by atoms with Gasteiger partial charge in [0.15, 0.2) is 8.96 Å². The fourth-order valence-corrected chi connectivity index (χ4v) is 3.27. The Labute approximate surface area is 105 Å². The molecule has 1 N–H and O–H groups in total. The second-order valence-electron chi connectivity index (χ2n) is 4.15. The average Bonchev–Trinajstić information content (AvgIpc) is 2.34. The van der Waals surface area contributed by atoms with Crippen molar-refractivity contribution >= 4 is 14.4 Å². The molecule has 0 saturated carbocycles. The van der Waals surface area contributed by atoms with Crippen molar-refractivity contribution in [3.05, 3.63) is 29.8 Å². The minimum Gasteiger partial charge on any atom is -0.494 e. The number of nitrogens with one attached hydrogen (secondary N) is 1. The van der Waals surface area contributed by atoms with Crippen molar-refractivity contribution in [2.75, 3.05) is 13.7 Å². The average molecular weight is 251 g/mol. The van der Waals surface area contributed by atoms with E-state index < -0.39 is 8.96 Å². The molecule has 1 aromatic carbocycles. The van der Waals surface area contributed by atoms with Gasteiger partial charge in [-0.2, -0.15) is 0 Å². The van der Waals surface area contributed by atoms with Crippen LogP contribution in [0.5, 0.6) is 5.75 Å². The zero-order valence-corrected chi connectivity index (χ0v) is 12.0. The van der Waals surface area contributed by atoms with E-state index in [-0.39, 0.29) is 0 Å². The number of benzene rings is 1. The van der Waals surface area contributed by atoms with Gasteiger partial charge in [0.2, 0.25) is 0 Å². The molecule has 0 amide bonds. The van der Waals surface area contributed by atoms with Crippen LogP contribution in [0.1, 0.15) is 25.8 Å². The van der Waals surface area contributed by atoms with Crippen LogP contribution in [0.3, 0.4) is 0 Å². The standard InChI is InChI=1S/C13H21NO2Si/c1-4-9-16-13-7-5-12(6-8-13)10-17(14-3)11(2)15/h5-8,14,17H,4,9-10H2,1-3H3/t17-/m0/s1. The van der Waals surface area contributed by atoms with Crippen molar-refractivity contribution in [1.29, 1.82) is 0 Å². The lowest BCUT2D eigenvalue weighted by molar-refractivity contribution is -0.110. The topological polar surface area (TPSA) is 38.3 Å². The summed E-state index contributed by atoms with van der Waals surface area (Å²) in [6.07, 6.45) is 1.01. The van der Waals surface area contributed by atoms with Gasteiger partial charge in [0.1, 0.15) is 11.2 Å². The molecule has 1 atom stereocenters. The SMILES string of the molecule is CCCOc1ccc(C[Si@H](NC)C(C)=O)cc1. The van der Waals surface area contributed by atoms with Crippen molar-refractivity contribution in [1.82, 2.24) is 4.98 Å². The first kappa shape index (κ1) is 13.9. The fraction of sp³-hybridized carbons (Fsp3) is 0.462. The van der Waals surface area contributed by atoms with Gasteiger partial charge in [-0.1, -0.05) is 19.1 Å². The molecule has 0 spiro atoms. The molecule has 0 heterocycles. The molecule has 0 aromatic heterocycles. The van der Waals surface area contributed by atoms with Gasteiger partial charge in [0.05, 0.1) is 6.61 Å². The first-order chi connectivity index (χ1) is 8.17. The molecule has 0 bridgehead atoms. The van der Waals surface area contributed by atoms with Gasteiger partial charge < -0.3 is 14.5 Å². The van der Waals surface area contributed by atoms with Crippen molar-refractivity contribution in [2.24, 2.45) is 0 Å². The summed E-state index contributed by atoms with van der Waals surface area (Å²) in [5.74, 6) is 0.904. The second-order valence-corrected chi connectivity index (χ2v) is 7.05. The highest BCUT2D eigenvalue weighted by Crippen LogP contribution is 2.13. The third kappa shape index (κ3) is 4.71. The Hall–Kier alpha value is -1.13. The maximum absolute atomic E-state index is 11.4. The van der Waals surface area contributed by atoms with Crippen molar-refractivity contribution in [3.63, 3.8) is 0 Å². The number of carbonyl (C=O) groups excluding carboxylic acids is 1. The molecule has 0 aliphatic rings. The second kappa shape index (κ2) is 7.24. The first-order valence-corrected chi connectivity index (χ1v) is 8.04. The van der Waals surface area contributed by atoms with E-state index in [9.17, 15) is 4.79 Å².